The Bertz CT molecular complexity index is 388. The van der Waals surface area contributed by atoms with E-state index >= 15 is 0 Å². The van der Waals surface area contributed by atoms with Crippen LogP contribution in [-0.4, -0.2) is 5.91 Å². The Morgan fingerprint density at radius 3 is 2.64 bits per heavy atom. The van der Waals surface area contributed by atoms with Crippen LogP contribution in [-0.2, 0) is 10.2 Å². The van der Waals surface area contributed by atoms with Gasteiger partial charge in [-0.3, -0.25) is 4.79 Å². The summed E-state index contributed by atoms with van der Waals surface area (Å²) in [5.74, 6) is 0.0353. The molecule has 0 aliphatic carbocycles. The molecule has 0 radical (unpaired) electrons. The van der Waals surface area contributed by atoms with Gasteiger partial charge in [-0.1, -0.05) is 6.07 Å². The molecule has 1 aromatic carbocycles. The monoisotopic (exact) mass is 212 g/mol. The van der Waals surface area contributed by atoms with Gasteiger partial charge in [-0.2, -0.15) is 0 Å². The zero-order valence-electron chi connectivity index (χ0n) is 8.13. The molecule has 0 bridgehead atoms. The van der Waals surface area contributed by atoms with Crippen LogP contribution in [0.4, 0.5) is 11.4 Å². The first kappa shape index (κ1) is 10.9. The van der Waals surface area contributed by atoms with Crippen LogP contribution >= 0.6 is 12.4 Å². The molecule has 1 heterocycles. The van der Waals surface area contributed by atoms with E-state index in [2.05, 4.69) is 5.32 Å². The van der Waals surface area contributed by atoms with Gasteiger partial charge >= 0.3 is 0 Å². The van der Waals surface area contributed by atoms with Gasteiger partial charge in [0.15, 0.2) is 0 Å². The number of carbonyl (C=O) groups is 1. The molecule has 1 aromatic rings. The third kappa shape index (κ3) is 1.34. The lowest BCUT2D eigenvalue weighted by Gasteiger charge is -2.14. The van der Waals surface area contributed by atoms with E-state index in [1.54, 1.807) is 6.07 Å². The number of rotatable bonds is 0. The smallest absolute Gasteiger partial charge is 0.234 e. The molecule has 0 saturated carbocycles. The van der Waals surface area contributed by atoms with E-state index in [9.17, 15) is 4.79 Å². The third-order valence-electron chi connectivity index (χ3n) is 2.53. The molecular formula is C10H13ClN2O. The lowest BCUT2D eigenvalue weighted by molar-refractivity contribution is -0.119. The first-order valence-corrected chi connectivity index (χ1v) is 4.23. The van der Waals surface area contributed by atoms with E-state index < -0.39 is 5.41 Å². The Morgan fingerprint density at radius 1 is 1.36 bits per heavy atom. The number of amides is 1. The van der Waals surface area contributed by atoms with E-state index in [1.165, 1.54) is 0 Å². The van der Waals surface area contributed by atoms with E-state index in [0.29, 0.717) is 5.69 Å². The zero-order valence-corrected chi connectivity index (χ0v) is 8.94. The Hall–Kier alpha value is -1.22. The molecule has 0 unspecified atom stereocenters. The summed E-state index contributed by atoms with van der Waals surface area (Å²) < 4.78 is 0. The first-order valence-electron chi connectivity index (χ1n) is 4.23. The lowest BCUT2D eigenvalue weighted by atomic mass is 9.86. The lowest BCUT2D eigenvalue weighted by Crippen LogP contribution is -2.26. The van der Waals surface area contributed by atoms with E-state index in [1.807, 2.05) is 26.0 Å². The molecule has 2 rings (SSSR count). The van der Waals surface area contributed by atoms with Crippen molar-refractivity contribution in [3.63, 3.8) is 0 Å². The minimum absolute atomic E-state index is 0. The number of hydrogen-bond donors (Lipinski definition) is 2. The van der Waals surface area contributed by atoms with Crippen molar-refractivity contribution in [3.8, 4) is 0 Å². The number of hydrogen-bond acceptors (Lipinski definition) is 2. The molecule has 76 valence electrons. The van der Waals surface area contributed by atoms with Crippen molar-refractivity contribution in [1.82, 2.24) is 0 Å². The van der Waals surface area contributed by atoms with Crippen molar-refractivity contribution in [2.45, 2.75) is 19.3 Å². The fourth-order valence-electron chi connectivity index (χ4n) is 1.61. The van der Waals surface area contributed by atoms with Crippen LogP contribution in [0, 0.1) is 0 Å². The molecule has 0 saturated heterocycles. The molecule has 1 amide bonds. The van der Waals surface area contributed by atoms with E-state index in [4.69, 9.17) is 5.73 Å². The number of halogens is 1. The predicted molar refractivity (Wildman–Crippen MR) is 59.8 cm³/mol. The summed E-state index contributed by atoms with van der Waals surface area (Å²) in [5, 5.41) is 2.81. The molecule has 0 aromatic heterocycles. The van der Waals surface area contributed by atoms with Crippen molar-refractivity contribution < 1.29 is 4.79 Å². The molecule has 1 aliphatic heterocycles. The number of anilines is 2. The summed E-state index contributed by atoms with van der Waals surface area (Å²) >= 11 is 0. The number of nitrogens with two attached hydrogens (primary N) is 1. The topological polar surface area (TPSA) is 55.1 Å². The first-order chi connectivity index (χ1) is 6.01. The Morgan fingerprint density at radius 2 is 2.00 bits per heavy atom. The van der Waals surface area contributed by atoms with Crippen LogP contribution in [0.15, 0.2) is 18.2 Å². The highest BCUT2D eigenvalue weighted by Crippen LogP contribution is 2.37. The van der Waals surface area contributed by atoms with Gasteiger partial charge in [0.25, 0.3) is 0 Å². The summed E-state index contributed by atoms with van der Waals surface area (Å²) in [4.78, 5) is 11.5. The van der Waals surface area contributed by atoms with Gasteiger partial charge in [-0.05, 0) is 31.5 Å². The Kier molecular flexibility index (Phi) is 2.46. The molecular weight excluding hydrogens is 200 g/mol. The number of benzene rings is 1. The SMILES string of the molecule is CC1(C)C(=O)Nc2cc(N)ccc21.Cl. The summed E-state index contributed by atoms with van der Waals surface area (Å²) in [5.41, 5.74) is 7.73. The normalized spacial score (nSPS) is 16.9. The van der Waals surface area contributed by atoms with Crippen molar-refractivity contribution in [1.29, 1.82) is 0 Å². The average molecular weight is 213 g/mol. The highest BCUT2D eigenvalue weighted by Gasteiger charge is 2.37. The van der Waals surface area contributed by atoms with Crippen LogP contribution in [0.1, 0.15) is 19.4 Å². The van der Waals surface area contributed by atoms with Gasteiger partial charge in [-0.25, -0.2) is 0 Å². The van der Waals surface area contributed by atoms with Crippen molar-refractivity contribution >= 4 is 29.7 Å². The summed E-state index contributed by atoms with van der Waals surface area (Å²) in [6.07, 6.45) is 0. The zero-order chi connectivity index (χ0) is 9.64. The molecule has 14 heavy (non-hydrogen) atoms. The largest absolute Gasteiger partial charge is 0.399 e. The van der Waals surface area contributed by atoms with Crippen LogP contribution in [0.5, 0.6) is 0 Å². The standard InChI is InChI=1S/C10H12N2O.ClH/c1-10(2)7-4-3-6(11)5-8(7)12-9(10)13;/h3-5H,11H2,1-2H3,(H,12,13);1H. The Balaban J connectivity index is 0.000000980. The van der Waals surface area contributed by atoms with Crippen LogP contribution in [0.2, 0.25) is 0 Å². The molecule has 0 atom stereocenters. The van der Waals surface area contributed by atoms with Gasteiger partial charge in [0.2, 0.25) is 5.91 Å². The predicted octanol–water partition coefficient (Wildman–Crippen LogP) is 1.92. The maximum absolute atomic E-state index is 11.5. The number of nitrogen functional groups attached to an aromatic ring is 1. The quantitative estimate of drug-likeness (QED) is 0.646. The highest BCUT2D eigenvalue weighted by molar-refractivity contribution is 6.06. The van der Waals surface area contributed by atoms with Crippen molar-refractivity contribution in [3.05, 3.63) is 23.8 Å². The molecule has 4 heteroatoms. The van der Waals surface area contributed by atoms with Gasteiger partial charge in [-0.15, -0.1) is 12.4 Å². The summed E-state index contributed by atoms with van der Waals surface area (Å²) in [6.45, 7) is 3.81. The fourth-order valence-corrected chi connectivity index (χ4v) is 1.61. The van der Waals surface area contributed by atoms with Gasteiger partial charge < -0.3 is 11.1 Å². The van der Waals surface area contributed by atoms with Crippen molar-refractivity contribution in [2.24, 2.45) is 0 Å². The summed E-state index contributed by atoms with van der Waals surface area (Å²) in [6, 6.07) is 5.52. The second-order valence-electron chi connectivity index (χ2n) is 3.88. The van der Waals surface area contributed by atoms with Crippen molar-refractivity contribution in [2.75, 3.05) is 11.1 Å². The number of fused-ring (bicyclic) bond motifs is 1. The second-order valence-corrected chi connectivity index (χ2v) is 3.88. The van der Waals surface area contributed by atoms with Crippen LogP contribution in [0.3, 0.4) is 0 Å². The summed E-state index contributed by atoms with van der Waals surface area (Å²) in [7, 11) is 0. The van der Waals surface area contributed by atoms with E-state index in [0.717, 1.165) is 11.3 Å². The third-order valence-corrected chi connectivity index (χ3v) is 2.53. The molecule has 0 spiro atoms. The van der Waals surface area contributed by atoms with Gasteiger partial charge in [0.1, 0.15) is 0 Å². The maximum atomic E-state index is 11.5. The Labute approximate surface area is 89.1 Å². The molecule has 1 aliphatic rings. The van der Waals surface area contributed by atoms with Crippen LogP contribution in [0.25, 0.3) is 0 Å². The molecule has 3 nitrogen and oxygen atoms in total. The van der Waals surface area contributed by atoms with Gasteiger partial charge in [0, 0.05) is 11.4 Å². The van der Waals surface area contributed by atoms with Crippen LogP contribution < -0.4 is 11.1 Å². The second kappa shape index (κ2) is 3.17. The number of carbonyl (C=O) groups excluding carboxylic acids is 1. The molecule has 3 N–H and O–H groups in total. The maximum Gasteiger partial charge on any atom is 0.234 e. The fraction of sp³-hybridized carbons (Fsp3) is 0.300. The van der Waals surface area contributed by atoms with E-state index in [-0.39, 0.29) is 18.3 Å². The molecule has 0 fully saturated rings. The minimum atomic E-state index is -0.428. The van der Waals surface area contributed by atoms with Gasteiger partial charge in [0.05, 0.1) is 5.41 Å². The highest BCUT2D eigenvalue weighted by atomic mass is 35.5. The average Bonchev–Trinajstić information content (AvgIpc) is 2.23. The minimum Gasteiger partial charge on any atom is -0.399 e. The number of nitrogens with one attached hydrogen (secondary N) is 1.